The number of amides is 2. The number of rotatable bonds is 4. The van der Waals surface area contributed by atoms with Gasteiger partial charge in [-0.3, -0.25) is 20.4 Å². The highest BCUT2D eigenvalue weighted by molar-refractivity contribution is 5.92. The Hall–Kier alpha value is -3.09. The highest BCUT2D eigenvalue weighted by Gasteiger charge is 2.10. The largest absolute Gasteiger partial charge is 0.459 e. The zero-order valence-electron chi connectivity index (χ0n) is 13.5. The van der Waals surface area contributed by atoms with Gasteiger partial charge in [0.25, 0.3) is 0 Å². The predicted molar refractivity (Wildman–Crippen MR) is 88.1 cm³/mol. The lowest BCUT2D eigenvalue weighted by molar-refractivity contribution is -0.122. The Bertz CT molecular complexity index is 881. The minimum Gasteiger partial charge on any atom is -0.459 e. The van der Waals surface area contributed by atoms with Crippen LogP contribution in [0.4, 0.5) is 0 Å². The second-order valence-electron chi connectivity index (χ2n) is 5.59. The molecule has 3 rings (SSSR count). The lowest BCUT2D eigenvalue weighted by Crippen LogP contribution is -2.41. The monoisotopic (exact) mass is 326 g/mol. The van der Waals surface area contributed by atoms with E-state index in [0.717, 1.165) is 11.0 Å². The van der Waals surface area contributed by atoms with Crippen LogP contribution >= 0.6 is 0 Å². The van der Waals surface area contributed by atoms with Crippen LogP contribution in [0.5, 0.6) is 0 Å². The van der Waals surface area contributed by atoms with E-state index in [2.05, 4.69) is 21.9 Å². The molecule has 2 heterocycles. The topological polar surface area (TPSA) is 89.2 Å². The second-order valence-corrected chi connectivity index (χ2v) is 5.59. The van der Waals surface area contributed by atoms with Crippen molar-refractivity contribution in [3.8, 4) is 0 Å². The first kappa shape index (κ1) is 15.8. The first-order valence-corrected chi connectivity index (χ1v) is 7.59. The quantitative estimate of drug-likeness (QED) is 0.719. The number of fused-ring (bicyclic) bond motifs is 1. The normalized spacial score (nSPS) is 10.8. The summed E-state index contributed by atoms with van der Waals surface area (Å²) in [6.45, 7) is 4.56. The Morgan fingerprint density at radius 3 is 2.75 bits per heavy atom. The van der Waals surface area contributed by atoms with Gasteiger partial charge in [0.1, 0.15) is 0 Å². The summed E-state index contributed by atoms with van der Waals surface area (Å²) in [7, 11) is 0. The lowest BCUT2D eigenvalue weighted by atomic mass is 10.1. The Labute approximate surface area is 138 Å². The molecule has 0 aliphatic heterocycles. The van der Waals surface area contributed by atoms with Crippen LogP contribution in [0, 0.1) is 13.8 Å². The molecule has 2 N–H and O–H groups in total. The lowest BCUT2D eigenvalue weighted by Gasteiger charge is -2.08. The predicted octanol–water partition coefficient (Wildman–Crippen LogP) is 2.10. The molecule has 0 aliphatic carbocycles. The third-order valence-corrected chi connectivity index (χ3v) is 3.88. The van der Waals surface area contributed by atoms with E-state index in [4.69, 9.17) is 4.42 Å². The molecular weight excluding hydrogens is 308 g/mol. The Kier molecular flexibility index (Phi) is 4.33. The van der Waals surface area contributed by atoms with Gasteiger partial charge in [-0.05, 0) is 49.2 Å². The summed E-state index contributed by atoms with van der Waals surface area (Å²) in [6.07, 6.45) is 3.33. The van der Waals surface area contributed by atoms with Crippen LogP contribution in [0.15, 0.2) is 41.3 Å². The van der Waals surface area contributed by atoms with Crippen LogP contribution in [0.2, 0.25) is 0 Å². The zero-order valence-corrected chi connectivity index (χ0v) is 13.5. The summed E-state index contributed by atoms with van der Waals surface area (Å²) in [4.78, 5) is 27.9. The minimum absolute atomic E-state index is 0.141. The average molecular weight is 326 g/mol. The summed E-state index contributed by atoms with van der Waals surface area (Å²) in [5.74, 6) is -0.644. The van der Waals surface area contributed by atoms with Crippen molar-refractivity contribution in [1.29, 1.82) is 0 Å². The third-order valence-electron chi connectivity index (χ3n) is 3.88. The molecular formula is C17H18N4O3. The molecule has 0 saturated heterocycles. The van der Waals surface area contributed by atoms with Gasteiger partial charge < -0.3 is 8.98 Å². The van der Waals surface area contributed by atoms with Crippen LogP contribution in [-0.4, -0.2) is 21.4 Å². The van der Waals surface area contributed by atoms with E-state index < -0.39 is 5.91 Å². The van der Waals surface area contributed by atoms with Gasteiger partial charge in [0, 0.05) is 13.0 Å². The first-order valence-electron chi connectivity index (χ1n) is 7.59. The van der Waals surface area contributed by atoms with Gasteiger partial charge in [-0.1, -0.05) is 0 Å². The van der Waals surface area contributed by atoms with Gasteiger partial charge in [0.2, 0.25) is 5.91 Å². The standard InChI is InChI=1S/C17H18N4O3/c1-11-8-13-14(9-12(11)2)21(10-18-13)6-5-16(22)19-20-17(23)15-4-3-7-24-15/h3-4,7-10H,5-6H2,1-2H3,(H,19,22)(H,20,23). The number of aromatic nitrogens is 2. The van der Waals surface area contributed by atoms with Crippen molar-refractivity contribution in [2.75, 3.05) is 0 Å². The van der Waals surface area contributed by atoms with Crippen LogP contribution < -0.4 is 10.9 Å². The van der Waals surface area contributed by atoms with E-state index in [1.165, 1.54) is 23.5 Å². The number of furan rings is 1. The average Bonchev–Trinajstić information content (AvgIpc) is 3.21. The number of nitrogens with one attached hydrogen (secondary N) is 2. The van der Waals surface area contributed by atoms with Crippen molar-refractivity contribution in [2.24, 2.45) is 0 Å². The summed E-state index contributed by atoms with van der Waals surface area (Å²) >= 11 is 0. The fourth-order valence-electron chi connectivity index (χ4n) is 2.37. The number of hydrazine groups is 1. The van der Waals surface area contributed by atoms with E-state index in [9.17, 15) is 9.59 Å². The second kappa shape index (κ2) is 6.57. The number of hydrogen-bond donors (Lipinski definition) is 2. The van der Waals surface area contributed by atoms with Gasteiger partial charge >= 0.3 is 5.91 Å². The van der Waals surface area contributed by atoms with Crippen LogP contribution in [-0.2, 0) is 11.3 Å². The molecule has 0 radical (unpaired) electrons. The molecule has 0 spiro atoms. The van der Waals surface area contributed by atoms with E-state index >= 15 is 0 Å². The maximum absolute atomic E-state index is 11.9. The number of hydrogen-bond acceptors (Lipinski definition) is 4. The summed E-state index contributed by atoms with van der Waals surface area (Å²) in [5.41, 5.74) is 8.95. The molecule has 24 heavy (non-hydrogen) atoms. The number of carbonyl (C=O) groups excluding carboxylic acids is 2. The molecule has 3 aromatic rings. The van der Waals surface area contributed by atoms with Gasteiger partial charge in [-0.25, -0.2) is 4.98 Å². The summed E-state index contributed by atoms with van der Waals surface area (Å²) in [6, 6.07) is 7.22. The molecule has 7 nitrogen and oxygen atoms in total. The number of carbonyl (C=O) groups is 2. The molecule has 0 unspecified atom stereocenters. The molecule has 0 aliphatic rings. The van der Waals surface area contributed by atoms with Crippen LogP contribution in [0.25, 0.3) is 11.0 Å². The molecule has 0 fully saturated rings. The maximum atomic E-state index is 11.9. The molecule has 0 atom stereocenters. The van der Waals surface area contributed by atoms with E-state index in [1.54, 1.807) is 12.4 Å². The third kappa shape index (κ3) is 3.29. The van der Waals surface area contributed by atoms with Gasteiger partial charge in [-0.15, -0.1) is 0 Å². The van der Waals surface area contributed by atoms with E-state index in [0.29, 0.717) is 6.54 Å². The molecule has 1 aromatic carbocycles. The zero-order chi connectivity index (χ0) is 17.1. The number of aryl methyl sites for hydroxylation is 3. The van der Waals surface area contributed by atoms with Crippen LogP contribution in [0.3, 0.4) is 0 Å². The fourth-order valence-corrected chi connectivity index (χ4v) is 2.37. The highest BCUT2D eigenvalue weighted by atomic mass is 16.3. The Balaban J connectivity index is 1.56. The van der Waals surface area contributed by atoms with Crippen molar-refractivity contribution in [2.45, 2.75) is 26.8 Å². The fraction of sp³-hybridized carbons (Fsp3) is 0.235. The highest BCUT2D eigenvalue weighted by Crippen LogP contribution is 2.18. The first-order chi connectivity index (χ1) is 11.5. The molecule has 0 saturated carbocycles. The Morgan fingerprint density at radius 2 is 2.00 bits per heavy atom. The number of benzene rings is 1. The summed E-state index contributed by atoms with van der Waals surface area (Å²) in [5, 5.41) is 0. The Morgan fingerprint density at radius 1 is 1.21 bits per heavy atom. The van der Waals surface area contributed by atoms with E-state index in [-0.39, 0.29) is 18.1 Å². The molecule has 2 aromatic heterocycles. The van der Waals surface area contributed by atoms with Crippen molar-refractivity contribution in [3.05, 3.63) is 53.7 Å². The van der Waals surface area contributed by atoms with Gasteiger partial charge in [0.05, 0.1) is 23.6 Å². The van der Waals surface area contributed by atoms with Crippen molar-refractivity contribution >= 4 is 22.8 Å². The maximum Gasteiger partial charge on any atom is 0.305 e. The minimum atomic E-state index is -0.493. The van der Waals surface area contributed by atoms with E-state index in [1.807, 2.05) is 24.5 Å². The molecule has 7 heteroatoms. The molecule has 124 valence electrons. The van der Waals surface area contributed by atoms with Crippen molar-refractivity contribution in [3.63, 3.8) is 0 Å². The van der Waals surface area contributed by atoms with Gasteiger partial charge in [-0.2, -0.15) is 0 Å². The van der Waals surface area contributed by atoms with Crippen LogP contribution in [0.1, 0.15) is 28.1 Å². The number of nitrogens with zero attached hydrogens (tertiary/aromatic N) is 2. The summed E-state index contributed by atoms with van der Waals surface area (Å²) < 4.78 is 6.87. The molecule has 2 amide bonds. The smallest absolute Gasteiger partial charge is 0.305 e. The van der Waals surface area contributed by atoms with Crippen molar-refractivity contribution < 1.29 is 14.0 Å². The van der Waals surface area contributed by atoms with Gasteiger partial charge in [0.15, 0.2) is 5.76 Å². The van der Waals surface area contributed by atoms with Crippen molar-refractivity contribution in [1.82, 2.24) is 20.4 Å². The molecule has 0 bridgehead atoms. The number of imidazole rings is 1. The SMILES string of the molecule is Cc1cc2ncn(CCC(=O)NNC(=O)c3ccco3)c2cc1C.